The summed E-state index contributed by atoms with van der Waals surface area (Å²) in [7, 11) is 0. The van der Waals surface area contributed by atoms with E-state index in [1.807, 2.05) is 11.3 Å². The molecular formula is C34H33NS2. The molecule has 6 rings (SSSR count). The lowest BCUT2D eigenvalue weighted by molar-refractivity contribution is 0.596. The van der Waals surface area contributed by atoms with Crippen LogP contribution in [0.1, 0.15) is 50.6 Å². The number of hydrogen-bond donors (Lipinski definition) is 0. The molecule has 37 heavy (non-hydrogen) atoms. The molecule has 0 saturated heterocycles. The highest BCUT2D eigenvalue weighted by Gasteiger charge is 2.20. The van der Waals surface area contributed by atoms with Gasteiger partial charge in [0.25, 0.3) is 0 Å². The van der Waals surface area contributed by atoms with Crippen LogP contribution in [0.3, 0.4) is 0 Å². The van der Waals surface area contributed by atoms with E-state index in [1.54, 1.807) is 11.3 Å². The van der Waals surface area contributed by atoms with Crippen LogP contribution in [-0.4, -0.2) is 4.98 Å². The van der Waals surface area contributed by atoms with E-state index < -0.39 is 0 Å². The van der Waals surface area contributed by atoms with Gasteiger partial charge in [-0.25, -0.2) is 4.98 Å². The third kappa shape index (κ3) is 4.39. The van der Waals surface area contributed by atoms with Crippen LogP contribution < -0.4 is 0 Å². The van der Waals surface area contributed by atoms with E-state index in [0.29, 0.717) is 5.92 Å². The first kappa shape index (κ1) is 24.3. The van der Waals surface area contributed by atoms with E-state index in [4.69, 9.17) is 4.98 Å². The number of aryl methyl sites for hydroxylation is 1. The summed E-state index contributed by atoms with van der Waals surface area (Å²) in [6.45, 7) is 13.8. The fraction of sp³-hybridized carbons (Fsp3) is 0.265. The van der Waals surface area contributed by atoms with Crippen LogP contribution in [0.25, 0.3) is 53.5 Å². The molecule has 0 aliphatic heterocycles. The van der Waals surface area contributed by atoms with Gasteiger partial charge in [0, 0.05) is 20.5 Å². The van der Waals surface area contributed by atoms with Crippen LogP contribution in [0.15, 0.2) is 72.1 Å². The van der Waals surface area contributed by atoms with Gasteiger partial charge in [-0.2, -0.15) is 0 Å². The van der Waals surface area contributed by atoms with Crippen LogP contribution in [0, 0.1) is 12.8 Å². The van der Waals surface area contributed by atoms with E-state index in [0.717, 1.165) is 16.9 Å². The van der Waals surface area contributed by atoms with E-state index in [2.05, 4.69) is 114 Å². The lowest BCUT2D eigenvalue weighted by atomic mass is 9.82. The fourth-order valence-corrected chi connectivity index (χ4v) is 7.68. The quantitative estimate of drug-likeness (QED) is 0.226. The summed E-state index contributed by atoms with van der Waals surface area (Å²) in [6, 6.07) is 25.0. The first-order valence-electron chi connectivity index (χ1n) is 13.1. The van der Waals surface area contributed by atoms with Crippen molar-refractivity contribution >= 4 is 53.7 Å². The first-order valence-corrected chi connectivity index (χ1v) is 14.8. The smallest absolute Gasteiger partial charge is 0.124 e. The summed E-state index contributed by atoms with van der Waals surface area (Å²) >= 11 is 3.69. The number of hydrogen-bond acceptors (Lipinski definition) is 3. The molecule has 1 nitrogen and oxygen atoms in total. The SMILES string of the molecule is Cc1c(CC(C)C)sc2cc(-c3cc(-c4cc(C(C)(C)C)c5ccccc5c4)nc4sccc34)ccc12. The van der Waals surface area contributed by atoms with E-state index in [9.17, 15) is 0 Å². The van der Waals surface area contributed by atoms with Gasteiger partial charge in [0.15, 0.2) is 0 Å². The zero-order valence-electron chi connectivity index (χ0n) is 22.5. The molecule has 0 bridgehead atoms. The Morgan fingerprint density at radius 2 is 1.65 bits per heavy atom. The molecule has 0 saturated carbocycles. The highest BCUT2D eigenvalue weighted by molar-refractivity contribution is 7.19. The molecular weight excluding hydrogens is 487 g/mol. The Morgan fingerprint density at radius 1 is 0.838 bits per heavy atom. The zero-order chi connectivity index (χ0) is 25.9. The van der Waals surface area contributed by atoms with Gasteiger partial charge in [-0.1, -0.05) is 71.0 Å². The number of rotatable bonds is 4. The Kier molecular flexibility index (Phi) is 5.97. The monoisotopic (exact) mass is 519 g/mol. The largest absolute Gasteiger partial charge is 0.237 e. The highest BCUT2D eigenvalue weighted by atomic mass is 32.1. The van der Waals surface area contributed by atoms with Crippen molar-refractivity contribution in [3.05, 3.63) is 88.1 Å². The number of fused-ring (bicyclic) bond motifs is 3. The second kappa shape index (κ2) is 9.08. The summed E-state index contributed by atoms with van der Waals surface area (Å²) in [5.41, 5.74) is 7.63. The minimum absolute atomic E-state index is 0.0429. The molecule has 0 N–H and O–H groups in total. The average Bonchev–Trinajstić information content (AvgIpc) is 3.46. The van der Waals surface area contributed by atoms with Gasteiger partial charge in [0.05, 0.1) is 5.69 Å². The number of pyridine rings is 1. The Bertz CT molecular complexity index is 1780. The van der Waals surface area contributed by atoms with Gasteiger partial charge in [0.2, 0.25) is 0 Å². The zero-order valence-corrected chi connectivity index (χ0v) is 24.1. The van der Waals surface area contributed by atoms with Crippen molar-refractivity contribution < 1.29 is 0 Å². The molecule has 0 aliphatic carbocycles. The first-order chi connectivity index (χ1) is 17.7. The Balaban J connectivity index is 1.55. The number of nitrogens with zero attached hydrogens (tertiary/aromatic N) is 1. The average molecular weight is 520 g/mol. The van der Waals surface area contributed by atoms with Crippen molar-refractivity contribution in [3.63, 3.8) is 0 Å². The van der Waals surface area contributed by atoms with Gasteiger partial charge in [0.1, 0.15) is 4.83 Å². The van der Waals surface area contributed by atoms with E-state index in [1.165, 1.54) is 58.9 Å². The van der Waals surface area contributed by atoms with Crippen LogP contribution in [-0.2, 0) is 11.8 Å². The van der Waals surface area contributed by atoms with Crippen molar-refractivity contribution in [2.45, 2.75) is 53.4 Å². The molecule has 3 heteroatoms. The fourth-order valence-electron chi connectivity index (χ4n) is 5.42. The molecule has 0 radical (unpaired) electrons. The minimum Gasteiger partial charge on any atom is -0.237 e. The molecule has 0 unspecified atom stereocenters. The van der Waals surface area contributed by atoms with Crippen molar-refractivity contribution in [1.82, 2.24) is 4.98 Å². The van der Waals surface area contributed by atoms with Crippen molar-refractivity contribution in [3.8, 4) is 22.4 Å². The van der Waals surface area contributed by atoms with E-state index in [-0.39, 0.29) is 5.41 Å². The Morgan fingerprint density at radius 3 is 2.43 bits per heavy atom. The summed E-state index contributed by atoms with van der Waals surface area (Å²) in [4.78, 5) is 7.77. The third-order valence-corrected chi connectivity index (χ3v) is 9.43. The number of aromatic nitrogens is 1. The molecule has 6 aromatic rings. The number of benzene rings is 3. The summed E-state index contributed by atoms with van der Waals surface area (Å²) in [5, 5.41) is 7.39. The normalized spacial score (nSPS) is 12.4. The Hall–Kier alpha value is -3.01. The lowest BCUT2D eigenvalue weighted by Crippen LogP contribution is -2.12. The topological polar surface area (TPSA) is 12.9 Å². The molecule has 3 heterocycles. The summed E-state index contributed by atoms with van der Waals surface area (Å²) < 4.78 is 1.38. The minimum atomic E-state index is 0.0429. The van der Waals surface area contributed by atoms with Crippen LogP contribution >= 0.6 is 22.7 Å². The maximum Gasteiger partial charge on any atom is 0.124 e. The predicted octanol–water partition coefficient (Wildman–Crippen LogP) is 10.8. The molecule has 3 aromatic heterocycles. The molecule has 0 fully saturated rings. The Labute approximate surface area is 227 Å². The second-order valence-corrected chi connectivity index (χ2v) is 13.7. The molecule has 0 aliphatic rings. The molecule has 0 atom stereocenters. The van der Waals surface area contributed by atoms with E-state index >= 15 is 0 Å². The maximum absolute atomic E-state index is 5.16. The maximum atomic E-state index is 5.16. The van der Waals surface area contributed by atoms with Crippen molar-refractivity contribution in [2.75, 3.05) is 0 Å². The summed E-state index contributed by atoms with van der Waals surface area (Å²) in [5.74, 6) is 0.666. The standard InChI is InChI=1S/C34H33NS2/c1-20(2)15-31-21(3)25-12-11-23(18-32(25)37-31)28-19-30(35-33-27(28)13-14-36-33)24-16-22-9-7-8-10-26(22)29(17-24)34(4,5)6/h7-14,16-20H,15H2,1-6H3. The van der Waals surface area contributed by atoms with Crippen LogP contribution in [0.4, 0.5) is 0 Å². The van der Waals surface area contributed by atoms with Gasteiger partial charge in [-0.3, -0.25) is 0 Å². The van der Waals surface area contributed by atoms with Gasteiger partial charge in [-0.05, 0) is 98.8 Å². The lowest BCUT2D eigenvalue weighted by Gasteiger charge is -2.23. The van der Waals surface area contributed by atoms with Gasteiger partial charge >= 0.3 is 0 Å². The highest BCUT2D eigenvalue weighted by Crippen LogP contribution is 2.40. The molecule has 186 valence electrons. The molecule has 3 aromatic carbocycles. The van der Waals surface area contributed by atoms with Crippen molar-refractivity contribution in [1.29, 1.82) is 0 Å². The second-order valence-electron chi connectivity index (χ2n) is 11.6. The van der Waals surface area contributed by atoms with Gasteiger partial charge in [-0.15, -0.1) is 22.7 Å². The summed E-state index contributed by atoms with van der Waals surface area (Å²) in [6.07, 6.45) is 1.15. The van der Waals surface area contributed by atoms with Crippen molar-refractivity contribution in [2.24, 2.45) is 5.92 Å². The molecule has 0 amide bonds. The van der Waals surface area contributed by atoms with Crippen LogP contribution in [0.2, 0.25) is 0 Å². The van der Waals surface area contributed by atoms with Crippen LogP contribution in [0.5, 0.6) is 0 Å². The predicted molar refractivity (Wildman–Crippen MR) is 165 cm³/mol. The van der Waals surface area contributed by atoms with Gasteiger partial charge < -0.3 is 0 Å². The number of thiophene rings is 2. The molecule has 0 spiro atoms. The third-order valence-electron chi connectivity index (χ3n) is 7.35.